The Morgan fingerprint density at radius 1 is 0.265 bits per heavy atom. The third-order valence-electron chi connectivity index (χ3n) is 16.9. The highest BCUT2D eigenvalue weighted by Crippen LogP contribution is 2.52. The highest BCUT2D eigenvalue weighted by molar-refractivity contribution is 7.00. The summed E-state index contributed by atoms with van der Waals surface area (Å²) < 4.78 is 2.49. The van der Waals surface area contributed by atoms with Gasteiger partial charge in [0.2, 0.25) is 0 Å². The Balaban J connectivity index is 1.06. The summed E-state index contributed by atoms with van der Waals surface area (Å²) in [7, 11) is 0. The first-order chi connectivity index (χ1) is 41.2. The fourth-order valence-electron chi connectivity index (χ4n) is 13.3. The first-order valence-electron chi connectivity index (χ1n) is 28.6. The van der Waals surface area contributed by atoms with Gasteiger partial charge >= 0.3 is 0 Å². The van der Waals surface area contributed by atoms with Crippen molar-refractivity contribution in [2.24, 2.45) is 0 Å². The number of anilines is 9. The van der Waals surface area contributed by atoms with Crippen LogP contribution in [-0.2, 0) is 0 Å². The van der Waals surface area contributed by atoms with Gasteiger partial charge in [-0.15, -0.1) is 0 Å². The molecule has 13 aromatic carbocycles. The predicted molar refractivity (Wildman–Crippen MR) is 351 cm³/mol. The van der Waals surface area contributed by atoms with Crippen molar-refractivity contribution in [1.29, 1.82) is 0 Å². The van der Waals surface area contributed by atoms with Crippen LogP contribution in [0.15, 0.2) is 322 Å². The molecule has 0 N–H and O–H groups in total. The summed E-state index contributed by atoms with van der Waals surface area (Å²) in [5.41, 5.74) is 26.4. The molecular formula is C78H53BN4. The van der Waals surface area contributed by atoms with Crippen LogP contribution in [0.2, 0.25) is 0 Å². The van der Waals surface area contributed by atoms with Gasteiger partial charge in [-0.05, 0) is 152 Å². The molecule has 3 heterocycles. The average molecular weight is 1060 g/mol. The third-order valence-corrected chi connectivity index (χ3v) is 16.9. The zero-order valence-corrected chi connectivity index (χ0v) is 45.5. The number of rotatable bonds is 10. The lowest BCUT2D eigenvalue weighted by Crippen LogP contribution is -2.61. The molecule has 0 radical (unpaired) electrons. The van der Waals surface area contributed by atoms with E-state index in [1.165, 1.54) is 66.2 Å². The highest BCUT2D eigenvalue weighted by atomic mass is 15.2. The molecule has 14 aromatic rings. The van der Waals surface area contributed by atoms with Crippen LogP contribution >= 0.6 is 0 Å². The van der Waals surface area contributed by atoms with Gasteiger partial charge in [0, 0.05) is 56.3 Å². The average Bonchev–Trinajstić information content (AvgIpc) is 2.02. The summed E-state index contributed by atoms with van der Waals surface area (Å²) in [6, 6.07) is 118. The topological polar surface area (TPSA) is 14.7 Å². The van der Waals surface area contributed by atoms with E-state index in [1.54, 1.807) is 0 Å². The maximum atomic E-state index is 2.62. The van der Waals surface area contributed by atoms with Crippen LogP contribution in [0, 0.1) is 0 Å². The predicted octanol–water partition coefficient (Wildman–Crippen LogP) is 19.0. The molecule has 1 aromatic heterocycles. The number of aromatic nitrogens is 1. The summed E-state index contributed by atoms with van der Waals surface area (Å²) in [4.78, 5) is 7.61. The molecule has 0 bridgehead atoms. The Labute approximate surface area is 484 Å². The maximum absolute atomic E-state index is 2.62. The molecule has 83 heavy (non-hydrogen) atoms. The van der Waals surface area contributed by atoms with E-state index in [1.807, 2.05) is 0 Å². The number of nitrogens with zero attached hydrogens (tertiary/aromatic N) is 4. The lowest BCUT2D eigenvalue weighted by atomic mass is 9.33. The second-order valence-corrected chi connectivity index (χ2v) is 21.6. The molecule has 4 nitrogen and oxygen atoms in total. The zero-order valence-electron chi connectivity index (χ0n) is 45.5. The van der Waals surface area contributed by atoms with Crippen LogP contribution in [0.25, 0.3) is 72.0 Å². The van der Waals surface area contributed by atoms with Gasteiger partial charge in [-0.3, -0.25) is 0 Å². The second kappa shape index (κ2) is 20.0. The van der Waals surface area contributed by atoms with Crippen molar-refractivity contribution < 1.29 is 0 Å². The Morgan fingerprint density at radius 3 is 1.24 bits per heavy atom. The van der Waals surface area contributed by atoms with Gasteiger partial charge in [-0.25, -0.2) is 0 Å². The van der Waals surface area contributed by atoms with Gasteiger partial charge in [0.05, 0.1) is 22.4 Å². The molecule has 0 saturated carbocycles. The Kier molecular flexibility index (Phi) is 11.6. The minimum Gasteiger partial charge on any atom is -0.311 e. The summed E-state index contributed by atoms with van der Waals surface area (Å²) in [5, 5.41) is 2.39. The summed E-state index contributed by atoms with van der Waals surface area (Å²) in [6.07, 6.45) is 0. The fourth-order valence-corrected chi connectivity index (χ4v) is 13.3. The van der Waals surface area contributed by atoms with Crippen LogP contribution in [-0.4, -0.2) is 11.3 Å². The fraction of sp³-hybridized carbons (Fsp3) is 0. The molecule has 0 fully saturated rings. The molecule has 388 valence electrons. The Morgan fingerprint density at radius 2 is 0.699 bits per heavy atom. The van der Waals surface area contributed by atoms with E-state index in [0.29, 0.717) is 0 Å². The maximum Gasteiger partial charge on any atom is 0.252 e. The van der Waals surface area contributed by atoms with E-state index in [9.17, 15) is 0 Å². The molecule has 5 heteroatoms. The molecule has 2 aliphatic rings. The van der Waals surface area contributed by atoms with Crippen molar-refractivity contribution >= 4 is 96.1 Å². The van der Waals surface area contributed by atoms with Gasteiger partial charge in [0.15, 0.2) is 0 Å². The van der Waals surface area contributed by atoms with Crippen LogP contribution < -0.4 is 31.1 Å². The molecule has 0 amide bonds. The van der Waals surface area contributed by atoms with E-state index < -0.39 is 0 Å². The SMILES string of the molecule is c1ccc(-c2cccc(N3c4ccc(-c5ccccc5)cc4B4c5ccc6c(c5N(c5cccc(-c7ccccc7)c5)c5cc(N(c7ccccc7)c7ccccc7)cc3c54)c3ccccc3n6-c3cccc(-c4ccccc4)c3)c2)cc1. The Bertz CT molecular complexity index is 4700. The summed E-state index contributed by atoms with van der Waals surface area (Å²) in [6.45, 7) is -0.181. The van der Waals surface area contributed by atoms with Crippen molar-refractivity contribution in [1.82, 2.24) is 4.57 Å². The molecule has 0 aliphatic carbocycles. The molecule has 0 atom stereocenters. The molecule has 16 rings (SSSR count). The Hall–Kier alpha value is -10.9. The van der Waals surface area contributed by atoms with Gasteiger partial charge in [-0.2, -0.15) is 0 Å². The summed E-state index contributed by atoms with van der Waals surface area (Å²) in [5.74, 6) is 0. The minimum absolute atomic E-state index is 0.181. The zero-order chi connectivity index (χ0) is 54.8. The van der Waals surface area contributed by atoms with Gasteiger partial charge < -0.3 is 19.3 Å². The van der Waals surface area contributed by atoms with Crippen LogP contribution in [0.3, 0.4) is 0 Å². The number of fused-ring (bicyclic) bond motifs is 8. The van der Waals surface area contributed by atoms with E-state index in [2.05, 4.69) is 341 Å². The standard InChI is InChI=1S/C78H53BN4/c1-7-24-54(25-8-1)58-32-21-39-64(48-58)81-71-43-20-19-42-68(71)76-73(81)47-45-69-78(76)83(66-41-23-34-60(50-66)56-28-11-3-12-29-56)75-53-67(80(62-35-15-5-16-36-62)63-37-17-6-18-38-63)52-74-77(75)79(69)70-51-61(57-30-13-4-14-31-57)44-46-72(70)82(74)65-40-22-33-59(49-65)55-26-9-2-10-27-55/h1-53H. The lowest BCUT2D eigenvalue weighted by Gasteiger charge is -2.45. The van der Waals surface area contributed by atoms with E-state index in [4.69, 9.17) is 0 Å². The lowest BCUT2D eigenvalue weighted by molar-refractivity contribution is 1.18. The van der Waals surface area contributed by atoms with Crippen molar-refractivity contribution in [3.05, 3.63) is 322 Å². The van der Waals surface area contributed by atoms with Gasteiger partial charge in [-0.1, -0.05) is 231 Å². The first-order valence-corrected chi connectivity index (χ1v) is 28.6. The third kappa shape index (κ3) is 8.16. The van der Waals surface area contributed by atoms with Crippen LogP contribution in [0.4, 0.5) is 51.2 Å². The molecular weight excluding hydrogens is 1000 g/mol. The number of hydrogen-bond donors (Lipinski definition) is 0. The second-order valence-electron chi connectivity index (χ2n) is 21.6. The van der Waals surface area contributed by atoms with Gasteiger partial charge in [0.1, 0.15) is 0 Å². The number of para-hydroxylation sites is 3. The van der Waals surface area contributed by atoms with Gasteiger partial charge in [0.25, 0.3) is 6.71 Å². The van der Waals surface area contributed by atoms with Crippen molar-refractivity contribution in [3.63, 3.8) is 0 Å². The minimum atomic E-state index is -0.181. The summed E-state index contributed by atoms with van der Waals surface area (Å²) >= 11 is 0. The van der Waals surface area contributed by atoms with E-state index in [0.717, 1.165) is 73.3 Å². The van der Waals surface area contributed by atoms with Crippen molar-refractivity contribution in [3.8, 4) is 50.2 Å². The molecule has 0 saturated heterocycles. The molecule has 2 aliphatic heterocycles. The largest absolute Gasteiger partial charge is 0.311 e. The quantitative estimate of drug-likeness (QED) is 0.127. The van der Waals surface area contributed by atoms with E-state index >= 15 is 0 Å². The monoisotopic (exact) mass is 1060 g/mol. The number of benzene rings is 13. The van der Waals surface area contributed by atoms with Crippen LogP contribution in [0.5, 0.6) is 0 Å². The van der Waals surface area contributed by atoms with Crippen molar-refractivity contribution in [2.45, 2.75) is 0 Å². The van der Waals surface area contributed by atoms with E-state index in [-0.39, 0.29) is 6.71 Å². The first kappa shape index (κ1) is 48.1. The number of hydrogen-bond acceptors (Lipinski definition) is 3. The smallest absolute Gasteiger partial charge is 0.252 e. The normalized spacial score (nSPS) is 12.3. The van der Waals surface area contributed by atoms with Crippen molar-refractivity contribution in [2.75, 3.05) is 14.7 Å². The molecule has 0 unspecified atom stereocenters. The highest BCUT2D eigenvalue weighted by Gasteiger charge is 2.45. The molecule has 0 spiro atoms. The van der Waals surface area contributed by atoms with Crippen LogP contribution in [0.1, 0.15) is 0 Å².